The number of rotatable bonds is 7. The van der Waals surface area contributed by atoms with Gasteiger partial charge < -0.3 is 25.5 Å². The Morgan fingerprint density at radius 2 is 1.61 bits per heavy atom. The summed E-state index contributed by atoms with van der Waals surface area (Å²) in [5.41, 5.74) is -0.745. The van der Waals surface area contributed by atoms with Gasteiger partial charge in [-0.1, -0.05) is 31.2 Å². The lowest BCUT2D eigenvalue weighted by Crippen LogP contribution is -2.36. The van der Waals surface area contributed by atoms with Gasteiger partial charge in [-0.05, 0) is 18.1 Å². The molecule has 0 aromatic heterocycles. The maximum atomic E-state index is 10.3. The topological polar surface area (TPSA) is 135 Å². The van der Waals surface area contributed by atoms with E-state index in [4.69, 9.17) is 25.5 Å². The second-order valence-electron chi connectivity index (χ2n) is 4.98. The molecule has 1 aromatic carbocycles. The summed E-state index contributed by atoms with van der Waals surface area (Å²) in [5, 5.41) is 43.8. The van der Waals surface area contributed by atoms with Crippen LogP contribution in [0.2, 0.25) is 0 Å². The first-order valence-corrected chi connectivity index (χ1v) is 6.86. The fourth-order valence-electron chi connectivity index (χ4n) is 1.63. The maximum absolute atomic E-state index is 10.3. The molecule has 0 aliphatic heterocycles. The summed E-state index contributed by atoms with van der Waals surface area (Å²) in [4.78, 5) is 20.5. The minimum atomic E-state index is -1.15. The van der Waals surface area contributed by atoms with Crippen molar-refractivity contribution in [3.05, 3.63) is 48.0 Å². The maximum Gasteiger partial charge on any atom is 0.335 e. The number of carbonyl (C=O) groups is 2. The lowest BCUT2D eigenvalue weighted by molar-refractivity contribution is -0.131. The normalized spacial score (nSPS) is 12.3. The molecule has 1 aromatic rings. The van der Waals surface area contributed by atoms with Crippen LogP contribution < -0.4 is 0 Å². The van der Waals surface area contributed by atoms with Crippen molar-refractivity contribution in [3.8, 4) is 0 Å². The molecule has 1 rings (SSSR count). The number of carboxylic acid groups (broad SMARTS) is 2. The van der Waals surface area contributed by atoms with Gasteiger partial charge in [-0.25, -0.2) is 9.59 Å². The summed E-state index contributed by atoms with van der Waals surface area (Å²) in [5.74, 6) is -2.44. The largest absolute Gasteiger partial charge is 0.478 e. The molecule has 128 valence electrons. The van der Waals surface area contributed by atoms with E-state index in [-0.39, 0.29) is 6.61 Å². The first kappa shape index (κ1) is 20.8. The fraction of sp³-hybridized carbons (Fsp3) is 0.375. The summed E-state index contributed by atoms with van der Waals surface area (Å²) in [6.07, 6.45) is 2.08. The summed E-state index contributed by atoms with van der Waals surface area (Å²) in [7, 11) is 0. The van der Waals surface area contributed by atoms with Crippen molar-refractivity contribution in [2.75, 3.05) is 19.8 Å². The number of aromatic carboxylic acids is 1. The Hall–Kier alpha value is -2.22. The third-order valence-corrected chi connectivity index (χ3v) is 3.42. The van der Waals surface area contributed by atoms with Gasteiger partial charge in [0.1, 0.15) is 0 Å². The summed E-state index contributed by atoms with van der Waals surface area (Å²) >= 11 is 0. The van der Waals surface area contributed by atoms with E-state index in [0.29, 0.717) is 5.56 Å². The zero-order valence-electron chi connectivity index (χ0n) is 12.8. The molecule has 0 fully saturated rings. The number of hydrogen-bond acceptors (Lipinski definition) is 5. The average molecular weight is 326 g/mol. The molecule has 1 unspecified atom stereocenters. The molecule has 0 aliphatic carbocycles. The van der Waals surface area contributed by atoms with E-state index in [0.717, 1.165) is 6.08 Å². The van der Waals surface area contributed by atoms with Crippen molar-refractivity contribution in [1.82, 2.24) is 0 Å². The van der Waals surface area contributed by atoms with E-state index in [1.807, 2.05) is 0 Å². The molecule has 0 bridgehead atoms. The minimum absolute atomic E-state index is 0.231. The number of carboxylic acids is 2. The standard InChI is InChI=1S/C9H16O5.C7H6O2/c1-7(4-10)9(5-11,6-12)3-2-8(13)14;8-7(9)6-4-2-1-3-5-6/h2-3,7,10-12H,4-6H2,1H3,(H,13,14);1-5H,(H,8,9). The molecule has 0 radical (unpaired) electrons. The highest BCUT2D eigenvalue weighted by Gasteiger charge is 2.32. The van der Waals surface area contributed by atoms with Gasteiger partial charge in [0.05, 0.1) is 18.8 Å². The quantitative estimate of drug-likeness (QED) is 0.463. The van der Waals surface area contributed by atoms with Crippen LogP contribution in [0.3, 0.4) is 0 Å². The van der Waals surface area contributed by atoms with Crippen LogP contribution in [0.5, 0.6) is 0 Å². The molecule has 0 saturated carbocycles. The van der Waals surface area contributed by atoms with Crippen LogP contribution in [0, 0.1) is 11.3 Å². The van der Waals surface area contributed by atoms with Crippen molar-refractivity contribution >= 4 is 11.9 Å². The first-order chi connectivity index (χ1) is 10.8. The number of aliphatic hydroxyl groups excluding tert-OH is 3. The highest BCUT2D eigenvalue weighted by Crippen LogP contribution is 2.28. The molecule has 23 heavy (non-hydrogen) atoms. The summed E-state index contributed by atoms with van der Waals surface area (Å²) < 4.78 is 0. The van der Waals surface area contributed by atoms with Gasteiger partial charge >= 0.3 is 11.9 Å². The van der Waals surface area contributed by atoms with Gasteiger partial charge in [-0.2, -0.15) is 0 Å². The second-order valence-corrected chi connectivity index (χ2v) is 4.98. The van der Waals surface area contributed by atoms with E-state index < -0.39 is 36.5 Å². The molecule has 1 atom stereocenters. The zero-order chi connectivity index (χ0) is 17.9. The Balaban J connectivity index is 0.000000459. The number of benzene rings is 1. The Morgan fingerprint density at radius 3 is 1.91 bits per heavy atom. The molecular weight excluding hydrogens is 304 g/mol. The van der Waals surface area contributed by atoms with Gasteiger partial charge in [-0.3, -0.25) is 0 Å². The van der Waals surface area contributed by atoms with Gasteiger partial charge in [0.2, 0.25) is 0 Å². The second kappa shape index (κ2) is 10.5. The molecule has 7 nitrogen and oxygen atoms in total. The van der Waals surface area contributed by atoms with E-state index >= 15 is 0 Å². The number of hydrogen-bond donors (Lipinski definition) is 5. The SMILES string of the molecule is CC(CO)C(C=CC(=O)O)(CO)CO.O=C(O)c1ccccc1. The Kier molecular flexibility index (Phi) is 9.48. The molecule has 5 N–H and O–H groups in total. The van der Waals surface area contributed by atoms with E-state index in [1.54, 1.807) is 37.3 Å². The van der Waals surface area contributed by atoms with Gasteiger partial charge in [0.25, 0.3) is 0 Å². The van der Waals surface area contributed by atoms with E-state index in [2.05, 4.69) is 0 Å². The molecule has 0 amide bonds. The zero-order valence-corrected chi connectivity index (χ0v) is 12.8. The predicted molar refractivity (Wildman–Crippen MR) is 83.0 cm³/mol. The lowest BCUT2D eigenvalue weighted by Gasteiger charge is -2.31. The van der Waals surface area contributed by atoms with E-state index in [1.165, 1.54) is 6.08 Å². The van der Waals surface area contributed by atoms with Crippen molar-refractivity contribution in [1.29, 1.82) is 0 Å². The van der Waals surface area contributed by atoms with Crippen LogP contribution in [0.25, 0.3) is 0 Å². The summed E-state index contributed by atoms with van der Waals surface area (Å²) in [6, 6.07) is 8.30. The summed E-state index contributed by atoms with van der Waals surface area (Å²) in [6.45, 7) is 0.577. The van der Waals surface area contributed by atoms with Gasteiger partial charge in [0, 0.05) is 18.1 Å². The van der Waals surface area contributed by atoms with Crippen molar-refractivity contribution in [2.45, 2.75) is 6.92 Å². The van der Waals surface area contributed by atoms with Crippen LogP contribution >= 0.6 is 0 Å². The molecule has 7 heteroatoms. The van der Waals surface area contributed by atoms with Crippen LogP contribution in [-0.2, 0) is 4.79 Å². The van der Waals surface area contributed by atoms with Crippen LogP contribution in [0.15, 0.2) is 42.5 Å². The number of aliphatic hydroxyl groups is 3. The average Bonchev–Trinajstić information content (AvgIpc) is 2.57. The smallest absolute Gasteiger partial charge is 0.335 e. The molecule has 0 saturated heterocycles. The molecule has 0 aliphatic rings. The third kappa shape index (κ3) is 7.05. The Morgan fingerprint density at radius 1 is 1.09 bits per heavy atom. The highest BCUT2D eigenvalue weighted by molar-refractivity contribution is 5.87. The van der Waals surface area contributed by atoms with Crippen LogP contribution in [0.4, 0.5) is 0 Å². The van der Waals surface area contributed by atoms with Crippen molar-refractivity contribution in [3.63, 3.8) is 0 Å². The third-order valence-electron chi connectivity index (χ3n) is 3.42. The lowest BCUT2D eigenvalue weighted by atomic mass is 9.77. The van der Waals surface area contributed by atoms with Crippen LogP contribution in [-0.4, -0.2) is 57.3 Å². The predicted octanol–water partition coefficient (Wildman–Crippen LogP) is 0.611. The number of aliphatic carboxylic acids is 1. The Bertz CT molecular complexity index is 506. The monoisotopic (exact) mass is 326 g/mol. The minimum Gasteiger partial charge on any atom is -0.478 e. The highest BCUT2D eigenvalue weighted by atomic mass is 16.4. The van der Waals surface area contributed by atoms with Gasteiger partial charge in [0.15, 0.2) is 0 Å². The molecule has 0 spiro atoms. The fourth-order valence-corrected chi connectivity index (χ4v) is 1.63. The molecule has 0 heterocycles. The first-order valence-electron chi connectivity index (χ1n) is 6.86. The van der Waals surface area contributed by atoms with Crippen LogP contribution in [0.1, 0.15) is 17.3 Å². The van der Waals surface area contributed by atoms with Crippen molar-refractivity contribution in [2.24, 2.45) is 11.3 Å². The molecular formula is C16H22O7. The van der Waals surface area contributed by atoms with Crippen molar-refractivity contribution < 1.29 is 35.1 Å². The van der Waals surface area contributed by atoms with E-state index in [9.17, 15) is 9.59 Å². The Labute approximate surface area is 134 Å². The van der Waals surface area contributed by atoms with Gasteiger partial charge in [-0.15, -0.1) is 0 Å².